The van der Waals surface area contributed by atoms with E-state index in [-0.39, 0.29) is 24.0 Å². The van der Waals surface area contributed by atoms with E-state index in [1.165, 1.54) is 0 Å². The van der Waals surface area contributed by atoms with Crippen molar-refractivity contribution in [3.8, 4) is 0 Å². The van der Waals surface area contributed by atoms with E-state index in [9.17, 15) is 4.79 Å². The molecule has 1 heterocycles. The second-order valence-electron chi connectivity index (χ2n) is 5.56. The Balaban J connectivity index is 1.98. The number of nitrogens with zero attached hydrogens (tertiary/aromatic N) is 1. The van der Waals surface area contributed by atoms with Gasteiger partial charge in [0.1, 0.15) is 0 Å². The van der Waals surface area contributed by atoms with E-state index in [1.807, 2.05) is 11.8 Å². The molecule has 0 aromatic carbocycles. The van der Waals surface area contributed by atoms with Gasteiger partial charge in [-0.2, -0.15) is 0 Å². The maximum atomic E-state index is 12.4. The van der Waals surface area contributed by atoms with E-state index in [2.05, 4.69) is 6.92 Å². The summed E-state index contributed by atoms with van der Waals surface area (Å²) in [7, 11) is 0. The van der Waals surface area contributed by atoms with Crippen LogP contribution in [0.25, 0.3) is 0 Å². The molecule has 1 aliphatic carbocycles. The topological polar surface area (TPSA) is 55.6 Å². The van der Waals surface area contributed by atoms with Gasteiger partial charge in [-0.3, -0.25) is 4.79 Å². The van der Waals surface area contributed by atoms with Crippen molar-refractivity contribution in [1.82, 2.24) is 4.90 Å². The van der Waals surface area contributed by atoms with Crippen molar-refractivity contribution in [2.45, 2.75) is 45.3 Å². The molecule has 2 N–H and O–H groups in total. The molecule has 0 aromatic heterocycles. The number of carbonyl (C=O) groups excluding carboxylic acids is 1. The minimum atomic E-state index is 0.0315. The molecular weight excluding hydrogens is 216 g/mol. The first-order valence-electron chi connectivity index (χ1n) is 6.75. The first kappa shape index (κ1) is 12.8. The molecule has 2 fully saturated rings. The zero-order chi connectivity index (χ0) is 12.4. The number of hydrogen-bond donors (Lipinski definition) is 1. The lowest BCUT2D eigenvalue weighted by Gasteiger charge is -2.38. The Labute approximate surface area is 103 Å². The Hall–Kier alpha value is -0.610. The highest BCUT2D eigenvalue weighted by Crippen LogP contribution is 2.29. The van der Waals surface area contributed by atoms with Gasteiger partial charge in [-0.15, -0.1) is 0 Å². The zero-order valence-electron chi connectivity index (χ0n) is 10.9. The SMILES string of the molecule is CC1CN(C(=O)C2CCCC(C)C2N)CCO1. The predicted molar refractivity (Wildman–Crippen MR) is 66.5 cm³/mol. The first-order chi connectivity index (χ1) is 8.09. The van der Waals surface area contributed by atoms with Crippen molar-refractivity contribution in [2.24, 2.45) is 17.6 Å². The van der Waals surface area contributed by atoms with Gasteiger partial charge in [-0.05, 0) is 25.7 Å². The van der Waals surface area contributed by atoms with Crippen LogP contribution in [0.1, 0.15) is 33.1 Å². The molecule has 0 aromatic rings. The van der Waals surface area contributed by atoms with Crippen LogP contribution in [0.5, 0.6) is 0 Å². The maximum Gasteiger partial charge on any atom is 0.227 e. The van der Waals surface area contributed by atoms with Crippen LogP contribution in [-0.2, 0) is 9.53 Å². The van der Waals surface area contributed by atoms with Crippen LogP contribution in [0, 0.1) is 11.8 Å². The molecule has 1 saturated carbocycles. The van der Waals surface area contributed by atoms with Crippen molar-refractivity contribution in [2.75, 3.05) is 19.7 Å². The Morgan fingerprint density at radius 1 is 1.35 bits per heavy atom. The zero-order valence-corrected chi connectivity index (χ0v) is 10.9. The lowest BCUT2D eigenvalue weighted by molar-refractivity contribution is -0.144. The normalized spacial score (nSPS) is 39.1. The molecule has 98 valence electrons. The lowest BCUT2D eigenvalue weighted by Crippen LogP contribution is -2.52. The summed E-state index contributed by atoms with van der Waals surface area (Å²) >= 11 is 0. The van der Waals surface area contributed by atoms with Gasteiger partial charge in [0.05, 0.1) is 18.6 Å². The molecular formula is C13H24N2O2. The van der Waals surface area contributed by atoms with Crippen molar-refractivity contribution in [1.29, 1.82) is 0 Å². The fourth-order valence-corrected chi connectivity index (χ4v) is 2.98. The van der Waals surface area contributed by atoms with Crippen LogP contribution in [0.2, 0.25) is 0 Å². The van der Waals surface area contributed by atoms with E-state index in [0.29, 0.717) is 12.5 Å². The quantitative estimate of drug-likeness (QED) is 0.744. The third-order valence-corrected chi connectivity index (χ3v) is 4.17. The Morgan fingerprint density at radius 2 is 2.12 bits per heavy atom. The lowest BCUT2D eigenvalue weighted by atomic mass is 9.77. The van der Waals surface area contributed by atoms with Crippen molar-refractivity contribution in [3.63, 3.8) is 0 Å². The summed E-state index contributed by atoms with van der Waals surface area (Å²) in [5.41, 5.74) is 6.19. The molecule has 2 rings (SSSR count). The van der Waals surface area contributed by atoms with Crippen molar-refractivity contribution < 1.29 is 9.53 Å². The molecule has 0 spiro atoms. The van der Waals surface area contributed by atoms with Crippen molar-refractivity contribution >= 4 is 5.91 Å². The van der Waals surface area contributed by atoms with Gasteiger partial charge in [-0.1, -0.05) is 13.3 Å². The van der Waals surface area contributed by atoms with Crippen LogP contribution in [0.15, 0.2) is 0 Å². The second kappa shape index (κ2) is 5.36. The summed E-state index contributed by atoms with van der Waals surface area (Å²) in [5.74, 6) is 0.749. The summed E-state index contributed by atoms with van der Waals surface area (Å²) in [6.07, 6.45) is 3.40. The highest BCUT2D eigenvalue weighted by atomic mass is 16.5. The van der Waals surface area contributed by atoms with Gasteiger partial charge in [0, 0.05) is 19.1 Å². The van der Waals surface area contributed by atoms with E-state index < -0.39 is 0 Å². The van der Waals surface area contributed by atoms with E-state index >= 15 is 0 Å². The van der Waals surface area contributed by atoms with Gasteiger partial charge < -0.3 is 15.4 Å². The number of hydrogen-bond acceptors (Lipinski definition) is 3. The number of carbonyl (C=O) groups is 1. The fraction of sp³-hybridized carbons (Fsp3) is 0.923. The molecule has 4 unspecified atom stereocenters. The van der Waals surface area contributed by atoms with Crippen LogP contribution < -0.4 is 5.73 Å². The third-order valence-electron chi connectivity index (χ3n) is 4.17. The Bertz CT molecular complexity index is 283. The summed E-state index contributed by atoms with van der Waals surface area (Å²) in [4.78, 5) is 14.4. The van der Waals surface area contributed by atoms with Crippen LogP contribution in [0.3, 0.4) is 0 Å². The predicted octanol–water partition coefficient (Wildman–Crippen LogP) is 0.997. The average molecular weight is 240 g/mol. The smallest absolute Gasteiger partial charge is 0.227 e. The molecule has 1 saturated heterocycles. The van der Waals surface area contributed by atoms with Gasteiger partial charge in [0.2, 0.25) is 5.91 Å². The van der Waals surface area contributed by atoms with Gasteiger partial charge in [-0.25, -0.2) is 0 Å². The largest absolute Gasteiger partial charge is 0.375 e. The van der Waals surface area contributed by atoms with E-state index in [0.717, 1.165) is 32.4 Å². The number of rotatable bonds is 1. The number of morpholine rings is 1. The molecule has 4 nitrogen and oxygen atoms in total. The number of nitrogens with two attached hydrogens (primary N) is 1. The van der Waals surface area contributed by atoms with Crippen LogP contribution in [0.4, 0.5) is 0 Å². The molecule has 17 heavy (non-hydrogen) atoms. The molecule has 4 heteroatoms. The molecule has 2 aliphatic rings. The first-order valence-corrected chi connectivity index (χ1v) is 6.75. The average Bonchev–Trinajstić information content (AvgIpc) is 2.32. The number of ether oxygens (including phenoxy) is 1. The fourth-order valence-electron chi connectivity index (χ4n) is 2.98. The molecule has 4 atom stereocenters. The minimum Gasteiger partial charge on any atom is -0.375 e. The van der Waals surface area contributed by atoms with Crippen LogP contribution >= 0.6 is 0 Å². The summed E-state index contributed by atoms with van der Waals surface area (Å²) in [6.45, 7) is 6.27. The monoisotopic (exact) mass is 240 g/mol. The summed E-state index contributed by atoms with van der Waals surface area (Å²) in [5, 5.41) is 0. The van der Waals surface area contributed by atoms with Crippen molar-refractivity contribution in [3.05, 3.63) is 0 Å². The summed E-state index contributed by atoms with van der Waals surface area (Å²) in [6, 6.07) is 0.0365. The Morgan fingerprint density at radius 3 is 2.82 bits per heavy atom. The van der Waals surface area contributed by atoms with E-state index in [4.69, 9.17) is 10.5 Å². The molecule has 0 radical (unpaired) electrons. The van der Waals surface area contributed by atoms with E-state index in [1.54, 1.807) is 0 Å². The number of amides is 1. The maximum absolute atomic E-state index is 12.4. The third kappa shape index (κ3) is 2.80. The van der Waals surface area contributed by atoms with Gasteiger partial charge in [0.15, 0.2) is 0 Å². The van der Waals surface area contributed by atoms with Gasteiger partial charge in [0.25, 0.3) is 0 Å². The summed E-state index contributed by atoms with van der Waals surface area (Å²) < 4.78 is 5.47. The van der Waals surface area contributed by atoms with Crippen LogP contribution in [-0.4, -0.2) is 42.6 Å². The molecule has 0 bridgehead atoms. The molecule has 1 amide bonds. The molecule has 1 aliphatic heterocycles. The van der Waals surface area contributed by atoms with Gasteiger partial charge >= 0.3 is 0 Å². The standard InChI is InChI=1S/C13H24N2O2/c1-9-4-3-5-11(12(9)14)13(16)15-6-7-17-10(2)8-15/h9-12H,3-8,14H2,1-2H3. The minimum absolute atomic E-state index is 0.0315. The Kier molecular flexibility index (Phi) is 4.05. The highest BCUT2D eigenvalue weighted by Gasteiger charge is 2.36. The second-order valence-corrected chi connectivity index (χ2v) is 5.56. The highest BCUT2D eigenvalue weighted by molar-refractivity contribution is 5.79.